The number of hydrogen-bond donors (Lipinski definition) is 2. The smallest absolute Gasteiger partial charge is 0.166 e. The van der Waals surface area contributed by atoms with Crippen LogP contribution >= 0.6 is 12.2 Å². The van der Waals surface area contributed by atoms with Gasteiger partial charge in [0.1, 0.15) is 0 Å². The Morgan fingerprint density at radius 2 is 2.00 bits per heavy atom. The van der Waals surface area contributed by atoms with Crippen LogP contribution in [0.3, 0.4) is 0 Å². The summed E-state index contributed by atoms with van der Waals surface area (Å²) in [5, 5.41) is 7.54. The highest BCUT2D eigenvalue weighted by Crippen LogP contribution is 2.17. The van der Waals surface area contributed by atoms with Gasteiger partial charge in [-0.15, -0.1) is 0 Å². The molecule has 82 valence electrons. The molecule has 0 aromatic carbocycles. The van der Waals surface area contributed by atoms with Crippen molar-refractivity contribution in [2.75, 3.05) is 0 Å². The second kappa shape index (κ2) is 6.23. The second-order valence-electron chi connectivity index (χ2n) is 4.26. The number of nitrogens with one attached hydrogen (secondary N) is 2. The van der Waals surface area contributed by atoms with Crippen molar-refractivity contribution in [3.05, 3.63) is 0 Å². The first-order valence-corrected chi connectivity index (χ1v) is 6.20. The molecule has 0 spiro atoms. The largest absolute Gasteiger partial charge is 0.360 e. The van der Waals surface area contributed by atoms with Crippen LogP contribution in [0, 0.1) is 0 Å². The molecule has 0 radical (unpaired) electrons. The Morgan fingerprint density at radius 3 is 2.57 bits per heavy atom. The zero-order chi connectivity index (χ0) is 10.4. The van der Waals surface area contributed by atoms with Gasteiger partial charge in [0, 0.05) is 12.1 Å². The second-order valence-corrected chi connectivity index (χ2v) is 4.67. The zero-order valence-electron chi connectivity index (χ0n) is 9.31. The van der Waals surface area contributed by atoms with E-state index in [1.54, 1.807) is 0 Å². The van der Waals surface area contributed by atoms with Gasteiger partial charge in [0.05, 0.1) is 0 Å². The minimum Gasteiger partial charge on any atom is -0.360 e. The average Bonchev–Trinajstić information content (AvgIpc) is 2.19. The number of hydrogen-bond acceptors (Lipinski definition) is 1. The molecule has 2 nitrogen and oxygen atoms in total. The summed E-state index contributed by atoms with van der Waals surface area (Å²) in [6, 6.07) is 1.10. The average molecular weight is 214 g/mol. The van der Waals surface area contributed by atoms with E-state index in [0.717, 1.165) is 11.5 Å². The maximum Gasteiger partial charge on any atom is 0.166 e. The number of rotatable bonds is 3. The predicted molar refractivity (Wildman–Crippen MR) is 65.5 cm³/mol. The molecule has 1 fully saturated rings. The molecule has 1 rings (SSSR count). The summed E-state index contributed by atoms with van der Waals surface area (Å²) >= 11 is 5.26. The van der Waals surface area contributed by atoms with E-state index in [1.165, 1.54) is 32.1 Å². The van der Waals surface area contributed by atoms with E-state index < -0.39 is 0 Å². The Morgan fingerprint density at radius 1 is 1.36 bits per heavy atom. The minimum absolute atomic E-state index is 0.485. The van der Waals surface area contributed by atoms with Gasteiger partial charge in [-0.05, 0) is 38.4 Å². The van der Waals surface area contributed by atoms with Crippen molar-refractivity contribution < 1.29 is 0 Å². The fraction of sp³-hybridized carbons (Fsp3) is 0.909. The normalized spacial score (nSPS) is 20.1. The van der Waals surface area contributed by atoms with Gasteiger partial charge in [-0.2, -0.15) is 0 Å². The van der Waals surface area contributed by atoms with Crippen LogP contribution in [0.4, 0.5) is 0 Å². The molecule has 0 heterocycles. The molecule has 14 heavy (non-hydrogen) atoms. The SMILES string of the molecule is CCC(C)NC(=S)NC1CCCCC1. The fourth-order valence-electron chi connectivity index (χ4n) is 1.80. The standard InChI is InChI=1S/C11H22N2S/c1-3-9(2)12-11(14)13-10-7-5-4-6-8-10/h9-10H,3-8H2,1-2H3,(H2,12,13,14). The maximum atomic E-state index is 5.26. The molecular formula is C11H22N2S. The Bertz CT molecular complexity index is 176. The summed E-state index contributed by atoms with van der Waals surface area (Å²) in [6.07, 6.45) is 7.77. The van der Waals surface area contributed by atoms with E-state index in [9.17, 15) is 0 Å². The molecule has 1 saturated carbocycles. The van der Waals surface area contributed by atoms with Crippen molar-refractivity contribution in [2.45, 2.75) is 64.5 Å². The first kappa shape index (κ1) is 11.8. The van der Waals surface area contributed by atoms with Gasteiger partial charge in [0.15, 0.2) is 5.11 Å². The van der Waals surface area contributed by atoms with Gasteiger partial charge < -0.3 is 10.6 Å². The first-order chi connectivity index (χ1) is 6.72. The lowest BCUT2D eigenvalue weighted by atomic mass is 9.96. The van der Waals surface area contributed by atoms with Crippen LogP contribution in [-0.2, 0) is 0 Å². The van der Waals surface area contributed by atoms with Crippen molar-refractivity contribution in [3.8, 4) is 0 Å². The van der Waals surface area contributed by atoms with E-state index in [-0.39, 0.29) is 0 Å². The maximum absolute atomic E-state index is 5.26. The van der Waals surface area contributed by atoms with Gasteiger partial charge in [-0.3, -0.25) is 0 Å². The van der Waals surface area contributed by atoms with Crippen molar-refractivity contribution in [3.63, 3.8) is 0 Å². The molecule has 1 unspecified atom stereocenters. The van der Waals surface area contributed by atoms with Crippen molar-refractivity contribution >= 4 is 17.3 Å². The van der Waals surface area contributed by atoms with E-state index in [4.69, 9.17) is 12.2 Å². The molecule has 0 aliphatic heterocycles. The van der Waals surface area contributed by atoms with E-state index in [2.05, 4.69) is 24.5 Å². The van der Waals surface area contributed by atoms with Crippen LogP contribution in [-0.4, -0.2) is 17.2 Å². The summed E-state index contributed by atoms with van der Waals surface area (Å²) in [5.74, 6) is 0. The molecule has 0 aromatic heterocycles. The van der Waals surface area contributed by atoms with Crippen LogP contribution in [0.5, 0.6) is 0 Å². The highest BCUT2D eigenvalue weighted by atomic mass is 32.1. The van der Waals surface area contributed by atoms with Crippen molar-refractivity contribution in [1.29, 1.82) is 0 Å². The van der Waals surface area contributed by atoms with Gasteiger partial charge >= 0.3 is 0 Å². The van der Waals surface area contributed by atoms with Gasteiger partial charge in [0.2, 0.25) is 0 Å². The molecular weight excluding hydrogens is 192 g/mol. The zero-order valence-corrected chi connectivity index (χ0v) is 10.1. The van der Waals surface area contributed by atoms with Crippen LogP contribution in [0.15, 0.2) is 0 Å². The molecule has 2 N–H and O–H groups in total. The molecule has 0 saturated heterocycles. The Kier molecular flexibility index (Phi) is 5.23. The van der Waals surface area contributed by atoms with Gasteiger partial charge in [-0.25, -0.2) is 0 Å². The molecule has 0 aromatic rings. The van der Waals surface area contributed by atoms with Crippen molar-refractivity contribution in [2.24, 2.45) is 0 Å². The van der Waals surface area contributed by atoms with Crippen LogP contribution in [0.1, 0.15) is 52.4 Å². The predicted octanol–water partition coefficient (Wildman–Crippen LogP) is 2.58. The quantitative estimate of drug-likeness (QED) is 0.706. The lowest BCUT2D eigenvalue weighted by Crippen LogP contribution is -2.45. The molecule has 3 heteroatoms. The summed E-state index contributed by atoms with van der Waals surface area (Å²) < 4.78 is 0. The van der Waals surface area contributed by atoms with Crippen LogP contribution < -0.4 is 10.6 Å². The third-order valence-electron chi connectivity index (χ3n) is 2.93. The third kappa shape index (κ3) is 4.27. The molecule has 1 aliphatic carbocycles. The fourth-order valence-corrected chi connectivity index (χ4v) is 2.17. The first-order valence-electron chi connectivity index (χ1n) is 5.79. The molecule has 0 amide bonds. The Hall–Kier alpha value is -0.310. The lowest BCUT2D eigenvalue weighted by Gasteiger charge is -2.25. The highest BCUT2D eigenvalue weighted by molar-refractivity contribution is 7.80. The summed E-state index contributed by atoms with van der Waals surface area (Å²) in [7, 11) is 0. The third-order valence-corrected chi connectivity index (χ3v) is 3.17. The minimum atomic E-state index is 0.485. The van der Waals surface area contributed by atoms with Crippen molar-refractivity contribution in [1.82, 2.24) is 10.6 Å². The van der Waals surface area contributed by atoms with E-state index in [1.807, 2.05) is 0 Å². The summed E-state index contributed by atoms with van der Waals surface area (Å²) in [6.45, 7) is 4.33. The number of thiocarbonyl (C=S) groups is 1. The Balaban J connectivity index is 2.18. The summed E-state index contributed by atoms with van der Waals surface area (Å²) in [5.41, 5.74) is 0. The monoisotopic (exact) mass is 214 g/mol. The summed E-state index contributed by atoms with van der Waals surface area (Å²) in [4.78, 5) is 0. The molecule has 1 atom stereocenters. The molecule has 1 aliphatic rings. The molecule has 0 bridgehead atoms. The Labute approximate surface area is 92.8 Å². The van der Waals surface area contributed by atoms with E-state index >= 15 is 0 Å². The topological polar surface area (TPSA) is 24.1 Å². The van der Waals surface area contributed by atoms with Crippen LogP contribution in [0.25, 0.3) is 0 Å². The highest BCUT2D eigenvalue weighted by Gasteiger charge is 2.14. The van der Waals surface area contributed by atoms with Gasteiger partial charge in [-0.1, -0.05) is 26.2 Å². The van der Waals surface area contributed by atoms with E-state index in [0.29, 0.717) is 12.1 Å². The van der Waals surface area contributed by atoms with Crippen LogP contribution in [0.2, 0.25) is 0 Å². The lowest BCUT2D eigenvalue weighted by molar-refractivity contribution is 0.410. The van der Waals surface area contributed by atoms with Gasteiger partial charge in [0.25, 0.3) is 0 Å².